The molecule has 1 aliphatic heterocycles. The van der Waals surface area contributed by atoms with Gasteiger partial charge in [-0.05, 0) is 36.8 Å². The third-order valence-electron chi connectivity index (χ3n) is 3.75. The summed E-state index contributed by atoms with van der Waals surface area (Å²) in [5, 5.41) is 7.06. The Bertz CT molecular complexity index is 594. The van der Waals surface area contributed by atoms with Crippen LogP contribution in [0.5, 0.6) is 0 Å². The van der Waals surface area contributed by atoms with Gasteiger partial charge in [0, 0.05) is 30.9 Å². The fourth-order valence-electron chi connectivity index (χ4n) is 2.72. The van der Waals surface area contributed by atoms with Crippen LogP contribution >= 0.6 is 23.1 Å². The molecule has 6 heteroatoms. The van der Waals surface area contributed by atoms with Crippen LogP contribution in [0.25, 0.3) is 0 Å². The van der Waals surface area contributed by atoms with Gasteiger partial charge in [0.15, 0.2) is 0 Å². The topological polar surface area (TPSA) is 49.0 Å². The Hall–Kier alpha value is -1.27. The molecule has 4 nitrogen and oxygen atoms in total. The fraction of sp³-hybridized carbons (Fsp3) is 0.467. The monoisotopic (exact) mass is 321 g/mol. The average Bonchev–Trinajstić information content (AvgIpc) is 3.18. The predicted molar refractivity (Wildman–Crippen MR) is 87.2 cm³/mol. The quantitative estimate of drug-likeness (QED) is 0.875. The van der Waals surface area contributed by atoms with E-state index < -0.39 is 0 Å². The third kappa shape index (κ3) is 3.32. The Morgan fingerprint density at radius 1 is 1.52 bits per heavy atom. The second-order valence-corrected chi connectivity index (χ2v) is 7.80. The first-order valence-corrected chi connectivity index (χ1v) is 9.09. The maximum absolute atomic E-state index is 12.6. The highest BCUT2D eigenvalue weighted by molar-refractivity contribution is 8.01. The first kappa shape index (κ1) is 14.7. The largest absolute Gasteiger partial charge is 0.337 e. The summed E-state index contributed by atoms with van der Waals surface area (Å²) in [5.74, 6) is 1.60. The molecule has 1 amide bonds. The molecule has 0 bridgehead atoms. The molecular formula is C15H19N3OS2. The Morgan fingerprint density at radius 2 is 2.43 bits per heavy atom. The van der Waals surface area contributed by atoms with E-state index in [2.05, 4.69) is 23.2 Å². The number of amides is 1. The van der Waals surface area contributed by atoms with Crippen LogP contribution in [0, 0.1) is 0 Å². The highest BCUT2D eigenvalue weighted by atomic mass is 32.2. The van der Waals surface area contributed by atoms with Crippen LogP contribution in [-0.2, 0) is 0 Å². The van der Waals surface area contributed by atoms with Gasteiger partial charge in [-0.25, -0.2) is 0 Å². The molecule has 1 atom stereocenters. The molecule has 3 heterocycles. The number of aromatic nitrogens is 2. The molecule has 2 aromatic heterocycles. The molecule has 0 saturated carbocycles. The van der Waals surface area contributed by atoms with Crippen LogP contribution in [0.4, 0.5) is 0 Å². The number of H-pyrrole nitrogens is 1. The van der Waals surface area contributed by atoms with E-state index in [1.54, 1.807) is 29.3 Å². The second kappa shape index (κ2) is 6.66. The number of likely N-dealkylation sites (tertiary alicyclic amines) is 1. The van der Waals surface area contributed by atoms with E-state index in [1.807, 2.05) is 17.0 Å². The van der Waals surface area contributed by atoms with Crippen LogP contribution in [0.3, 0.4) is 0 Å². The number of rotatable bonds is 4. The highest BCUT2D eigenvalue weighted by Crippen LogP contribution is 2.30. The smallest absolute Gasteiger partial charge is 0.263 e. The van der Waals surface area contributed by atoms with Gasteiger partial charge in [0.2, 0.25) is 0 Å². The Labute approximate surface area is 132 Å². The van der Waals surface area contributed by atoms with Gasteiger partial charge in [-0.15, -0.1) is 23.1 Å². The van der Waals surface area contributed by atoms with Crippen LogP contribution in [0.2, 0.25) is 0 Å². The lowest BCUT2D eigenvalue weighted by Gasteiger charge is -2.31. The Balaban J connectivity index is 1.68. The van der Waals surface area contributed by atoms with E-state index >= 15 is 0 Å². The molecule has 1 saturated heterocycles. The van der Waals surface area contributed by atoms with E-state index in [1.165, 1.54) is 4.21 Å². The summed E-state index contributed by atoms with van der Waals surface area (Å²) in [6.45, 7) is 3.78. The normalized spacial score (nSPS) is 18.9. The first-order valence-electron chi connectivity index (χ1n) is 7.29. The van der Waals surface area contributed by atoms with Gasteiger partial charge in [-0.3, -0.25) is 9.89 Å². The van der Waals surface area contributed by atoms with Crippen molar-refractivity contribution in [2.75, 3.05) is 18.8 Å². The van der Waals surface area contributed by atoms with Crippen molar-refractivity contribution in [1.29, 1.82) is 0 Å². The van der Waals surface area contributed by atoms with Crippen molar-refractivity contribution in [2.24, 2.45) is 0 Å². The van der Waals surface area contributed by atoms with Gasteiger partial charge in [-0.2, -0.15) is 5.10 Å². The molecule has 0 unspecified atom stereocenters. The van der Waals surface area contributed by atoms with Gasteiger partial charge in [0.05, 0.1) is 9.09 Å². The van der Waals surface area contributed by atoms with Crippen molar-refractivity contribution in [3.63, 3.8) is 0 Å². The molecule has 1 fully saturated rings. The zero-order valence-electron chi connectivity index (χ0n) is 12.0. The first-order chi connectivity index (χ1) is 10.3. The minimum atomic E-state index is 0.173. The summed E-state index contributed by atoms with van der Waals surface area (Å²) < 4.78 is 1.22. The molecular weight excluding hydrogens is 302 g/mol. The number of thiophene rings is 1. The lowest BCUT2D eigenvalue weighted by molar-refractivity contribution is 0.0711. The Kier molecular flexibility index (Phi) is 4.65. The van der Waals surface area contributed by atoms with E-state index in [9.17, 15) is 4.79 Å². The summed E-state index contributed by atoms with van der Waals surface area (Å²) >= 11 is 3.40. The lowest BCUT2D eigenvalue weighted by atomic mass is 9.95. The van der Waals surface area contributed by atoms with Crippen molar-refractivity contribution in [2.45, 2.75) is 29.9 Å². The zero-order chi connectivity index (χ0) is 14.7. The highest BCUT2D eigenvalue weighted by Gasteiger charge is 2.26. The third-order valence-corrected chi connectivity index (χ3v) is 5.93. The van der Waals surface area contributed by atoms with Crippen LogP contribution in [0.1, 0.15) is 41.0 Å². The number of nitrogens with one attached hydrogen (secondary N) is 1. The molecule has 2 aromatic rings. The number of carbonyl (C=O) groups is 1. The standard InChI is InChI=1S/C15H19N3OS2/c1-2-20-14-6-5-13(21-14)15(19)18-9-3-4-11(10-18)12-7-8-16-17-12/h5-8,11H,2-4,9-10H2,1H3,(H,16,17)/t11-/m1/s1. The maximum atomic E-state index is 12.6. The lowest BCUT2D eigenvalue weighted by Crippen LogP contribution is -2.38. The maximum Gasteiger partial charge on any atom is 0.263 e. The van der Waals surface area contributed by atoms with Crippen molar-refractivity contribution in [1.82, 2.24) is 15.1 Å². The number of hydrogen-bond donors (Lipinski definition) is 1. The van der Waals surface area contributed by atoms with Gasteiger partial charge in [0.25, 0.3) is 5.91 Å². The average molecular weight is 321 g/mol. The van der Waals surface area contributed by atoms with Crippen molar-refractivity contribution in [3.8, 4) is 0 Å². The number of thioether (sulfide) groups is 1. The number of nitrogens with zero attached hydrogens (tertiary/aromatic N) is 2. The van der Waals surface area contributed by atoms with Gasteiger partial charge < -0.3 is 4.90 Å². The number of aromatic amines is 1. The van der Waals surface area contributed by atoms with E-state index in [0.29, 0.717) is 5.92 Å². The SMILES string of the molecule is CCSc1ccc(C(=O)N2CCC[C@@H](c3ccn[nH]3)C2)s1. The summed E-state index contributed by atoms with van der Waals surface area (Å²) in [5.41, 5.74) is 1.14. The van der Waals surface area contributed by atoms with Crippen LogP contribution < -0.4 is 0 Å². The van der Waals surface area contributed by atoms with Gasteiger partial charge in [0.1, 0.15) is 0 Å². The predicted octanol–water partition coefficient (Wildman–Crippen LogP) is 3.60. The summed E-state index contributed by atoms with van der Waals surface area (Å²) in [4.78, 5) is 15.5. The summed E-state index contributed by atoms with van der Waals surface area (Å²) in [7, 11) is 0. The van der Waals surface area contributed by atoms with Crippen molar-refractivity contribution >= 4 is 29.0 Å². The molecule has 0 aromatic carbocycles. The number of hydrogen-bond acceptors (Lipinski definition) is 4. The fourth-order valence-corrected chi connectivity index (χ4v) is 4.73. The molecule has 0 radical (unpaired) electrons. The second-order valence-electron chi connectivity index (χ2n) is 5.15. The van der Waals surface area contributed by atoms with Crippen LogP contribution in [0.15, 0.2) is 28.6 Å². The number of piperidine rings is 1. The van der Waals surface area contributed by atoms with Crippen molar-refractivity contribution in [3.05, 3.63) is 35.0 Å². The minimum absolute atomic E-state index is 0.173. The zero-order valence-corrected chi connectivity index (χ0v) is 13.7. The van der Waals surface area contributed by atoms with Crippen molar-refractivity contribution < 1.29 is 4.79 Å². The molecule has 0 spiro atoms. The van der Waals surface area contributed by atoms with Gasteiger partial charge >= 0.3 is 0 Å². The Morgan fingerprint density at radius 3 is 3.19 bits per heavy atom. The minimum Gasteiger partial charge on any atom is -0.337 e. The molecule has 1 aliphatic rings. The molecule has 21 heavy (non-hydrogen) atoms. The molecule has 0 aliphatic carbocycles. The molecule has 1 N–H and O–H groups in total. The number of carbonyl (C=O) groups excluding carboxylic acids is 1. The van der Waals surface area contributed by atoms with E-state index in [0.717, 1.165) is 42.3 Å². The molecule has 112 valence electrons. The summed E-state index contributed by atoms with van der Waals surface area (Å²) in [6.07, 6.45) is 3.95. The summed E-state index contributed by atoms with van der Waals surface area (Å²) in [6, 6.07) is 6.03. The molecule has 3 rings (SSSR count). The van der Waals surface area contributed by atoms with E-state index in [-0.39, 0.29) is 5.91 Å². The van der Waals surface area contributed by atoms with Crippen LogP contribution in [-0.4, -0.2) is 39.8 Å². The van der Waals surface area contributed by atoms with Gasteiger partial charge in [-0.1, -0.05) is 6.92 Å². The van der Waals surface area contributed by atoms with E-state index in [4.69, 9.17) is 0 Å².